The van der Waals surface area contributed by atoms with E-state index in [0.717, 1.165) is 5.56 Å². The van der Waals surface area contributed by atoms with Gasteiger partial charge in [-0.2, -0.15) is 0 Å². The Morgan fingerprint density at radius 1 is 1.41 bits per heavy atom. The van der Waals surface area contributed by atoms with Crippen LogP contribution in [0.5, 0.6) is 0 Å². The predicted molar refractivity (Wildman–Crippen MR) is 66.1 cm³/mol. The van der Waals surface area contributed by atoms with Crippen molar-refractivity contribution >= 4 is 11.7 Å². The lowest BCUT2D eigenvalue weighted by atomic mass is 10.1. The Bertz CT molecular complexity index is 387. The number of carbonyl (C=O) groups excluding carboxylic acids is 1. The van der Waals surface area contributed by atoms with Crippen LogP contribution < -0.4 is 5.32 Å². The van der Waals surface area contributed by atoms with Crippen LogP contribution in [0, 0.1) is 0 Å². The summed E-state index contributed by atoms with van der Waals surface area (Å²) in [5.41, 5.74) is 1.43. The quantitative estimate of drug-likeness (QED) is 0.752. The van der Waals surface area contributed by atoms with E-state index in [9.17, 15) is 9.90 Å². The van der Waals surface area contributed by atoms with Crippen LogP contribution in [-0.4, -0.2) is 30.3 Å². The number of carbonyl (C=O) groups is 1. The van der Waals surface area contributed by atoms with Crippen molar-refractivity contribution in [1.82, 2.24) is 5.32 Å². The Morgan fingerprint density at radius 3 is 2.47 bits per heavy atom. The first-order valence-electron chi connectivity index (χ1n) is 5.33. The first-order chi connectivity index (χ1) is 8.06. The molecule has 0 bridgehead atoms. The van der Waals surface area contributed by atoms with Gasteiger partial charge in [0.2, 0.25) is 0 Å². The van der Waals surface area contributed by atoms with E-state index in [2.05, 4.69) is 16.6 Å². The average Bonchev–Trinajstić information content (AvgIpc) is 2.35. The van der Waals surface area contributed by atoms with Crippen LogP contribution in [0.1, 0.15) is 12.5 Å². The number of methoxy groups -OCH3 is 1. The smallest absolute Gasteiger partial charge is 0.330 e. The average molecular weight is 235 g/mol. The fourth-order valence-electron chi connectivity index (χ4n) is 1.41. The molecule has 4 nitrogen and oxygen atoms in total. The highest BCUT2D eigenvalue weighted by atomic mass is 16.5. The lowest BCUT2D eigenvalue weighted by Crippen LogP contribution is -2.44. The Kier molecular flexibility index (Phi) is 4.72. The Morgan fingerprint density at radius 2 is 2.00 bits per heavy atom. The molecule has 0 spiro atoms. The van der Waals surface area contributed by atoms with Crippen LogP contribution in [0.15, 0.2) is 36.9 Å². The molecule has 0 heterocycles. The van der Waals surface area contributed by atoms with Crippen LogP contribution >= 0.6 is 0 Å². The van der Waals surface area contributed by atoms with Gasteiger partial charge in [-0.3, -0.25) is 0 Å². The van der Waals surface area contributed by atoms with Gasteiger partial charge in [0.05, 0.1) is 13.2 Å². The monoisotopic (exact) mass is 235 g/mol. The maximum Gasteiger partial charge on any atom is 0.330 e. The van der Waals surface area contributed by atoms with Crippen molar-refractivity contribution in [3.63, 3.8) is 0 Å². The molecule has 0 amide bonds. The fraction of sp³-hybridized carbons (Fsp3) is 0.308. The highest BCUT2D eigenvalue weighted by Crippen LogP contribution is 2.10. The Hall–Kier alpha value is -1.81. The molecule has 1 rings (SSSR count). The first-order valence-corrected chi connectivity index (χ1v) is 5.33. The highest BCUT2D eigenvalue weighted by Gasteiger charge is 2.24. The van der Waals surface area contributed by atoms with Gasteiger partial charge in [0.15, 0.2) is 6.04 Å². The third-order valence-electron chi connectivity index (χ3n) is 2.39. The minimum absolute atomic E-state index is 0.517. The maximum absolute atomic E-state index is 11.4. The lowest BCUT2D eigenvalue weighted by Gasteiger charge is -2.21. The van der Waals surface area contributed by atoms with E-state index in [-0.39, 0.29) is 0 Å². The van der Waals surface area contributed by atoms with E-state index >= 15 is 0 Å². The molecule has 2 atom stereocenters. The topological polar surface area (TPSA) is 58.6 Å². The van der Waals surface area contributed by atoms with Crippen molar-refractivity contribution in [2.45, 2.75) is 19.1 Å². The standard InChI is InChI=1S/C13H17NO3/c1-9(11-7-5-4-6-8-11)14-12(10(2)15)13(16)17-3/h4-8,10,12,14-15H,1H2,2-3H3. The van der Waals surface area contributed by atoms with Crippen molar-refractivity contribution in [2.75, 3.05) is 7.11 Å². The molecule has 92 valence electrons. The summed E-state index contributed by atoms with van der Waals surface area (Å²) >= 11 is 0. The van der Waals surface area contributed by atoms with Gasteiger partial charge in [0.25, 0.3) is 0 Å². The third-order valence-corrected chi connectivity index (χ3v) is 2.39. The largest absolute Gasteiger partial charge is 0.467 e. The van der Waals surface area contributed by atoms with Crippen molar-refractivity contribution in [1.29, 1.82) is 0 Å². The molecule has 0 aliphatic rings. The second kappa shape index (κ2) is 6.06. The van der Waals surface area contributed by atoms with E-state index in [1.807, 2.05) is 30.3 Å². The molecule has 17 heavy (non-hydrogen) atoms. The van der Waals surface area contributed by atoms with Crippen LogP contribution in [0.3, 0.4) is 0 Å². The van der Waals surface area contributed by atoms with E-state index in [1.54, 1.807) is 0 Å². The van der Waals surface area contributed by atoms with Crippen LogP contribution in [-0.2, 0) is 9.53 Å². The number of hydrogen-bond acceptors (Lipinski definition) is 4. The summed E-state index contributed by atoms with van der Waals surface area (Å²) < 4.78 is 4.61. The molecule has 0 aliphatic heterocycles. The summed E-state index contributed by atoms with van der Waals surface area (Å²) in [5.74, 6) is -0.517. The van der Waals surface area contributed by atoms with Gasteiger partial charge in [-0.05, 0) is 12.5 Å². The number of aliphatic hydroxyl groups excluding tert-OH is 1. The van der Waals surface area contributed by atoms with Crippen molar-refractivity contribution in [2.24, 2.45) is 0 Å². The number of esters is 1. The summed E-state index contributed by atoms with van der Waals surface area (Å²) in [4.78, 5) is 11.4. The third kappa shape index (κ3) is 3.60. The van der Waals surface area contributed by atoms with Gasteiger partial charge in [0, 0.05) is 5.70 Å². The zero-order chi connectivity index (χ0) is 12.8. The van der Waals surface area contributed by atoms with E-state index in [4.69, 9.17) is 0 Å². The first kappa shape index (κ1) is 13.3. The zero-order valence-electron chi connectivity index (χ0n) is 10.0. The highest BCUT2D eigenvalue weighted by molar-refractivity contribution is 5.79. The van der Waals surface area contributed by atoms with Crippen LogP contribution in [0.2, 0.25) is 0 Å². The van der Waals surface area contributed by atoms with Gasteiger partial charge in [-0.1, -0.05) is 36.9 Å². The second-order valence-corrected chi connectivity index (χ2v) is 3.73. The van der Waals surface area contributed by atoms with E-state index < -0.39 is 18.1 Å². The van der Waals surface area contributed by atoms with Gasteiger partial charge >= 0.3 is 5.97 Å². The molecule has 0 aliphatic carbocycles. The van der Waals surface area contributed by atoms with E-state index in [1.165, 1.54) is 14.0 Å². The molecule has 0 radical (unpaired) electrons. The minimum Gasteiger partial charge on any atom is -0.467 e. The summed E-state index contributed by atoms with van der Waals surface area (Å²) in [6, 6.07) is 8.56. The van der Waals surface area contributed by atoms with Gasteiger partial charge in [0.1, 0.15) is 0 Å². The van der Waals surface area contributed by atoms with Crippen LogP contribution in [0.25, 0.3) is 5.70 Å². The van der Waals surface area contributed by atoms with Gasteiger partial charge < -0.3 is 15.2 Å². The molecule has 0 saturated carbocycles. The molecule has 0 fully saturated rings. The number of benzene rings is 1. The number of nitrogens with one attached hydrogen (secondary N) is 1. The molecule has 1 aromatic carbocycles. The predicted octanol–water partition coefficient (Wildman–Crippen LogP) is 1.17. The lowest BCUT2D eigenvalue weighted by molar-refractivity contribution is -0.145. The normalized spacial score (nSPS) is 13.6. The SMILES string of the molecule is C=C(NC(C(=O)OC)C(C)O)c1ccccc1. The molecule has 2 unspecified atom stereocenters. The van der Waals surface area contributed by atoms with Gasteiger partial charge in [-0.15, -0.1) is 0 Å². The number of ether oxygens (including phenoxy) is 1. The molecule has 0 saturated heterocycles. The zero-order valence-corrected chi connectivity index (χ0v) is 10.0. The molecular weight excluding hydrogens is 218 g/mol. The second-order valence-electron chi connectivity index (χ2n) is 3.73. The van der Waals surface area contributed by atoms with Crippen molar-refractivity contribution in [3.05, 3.63) is 42.5 Å². The minimum atomic E-state index is -0.858. The Labute approximate surface area is 101 Å². The summed E-state index contributed by atoms with van der Waals surface area (Å²) in [5, 5.41) is 12.4. The number of hydrogen-bond donors (Lipinski definition) is 2. The molecule has 2 N–H and O–H groups in total. The van der Waals surface area contributed by atoms with Crippen LogP contribution in [0.4, 0.5) is 0 Å². The summed E-state index contributed by atoms with van der Waals surface area (Å²) in [7, 11) is 1.28. The summed E-state index contributed by atoms with van der Waals surface area (Å²) in [6.07, 6.45) is -0.858. The molecular formula is C13H17NO3. The van der Waals surface area contributed by atoms with Crippen molar-refractivity contribution in [3.8, 4) is 0 Å². The molecule has 0 aromatic heterocycles. The summed E-state index contributed by atoms with van der Waals surface area (Å²) in [6.45, 7) is 5.35. The maximum atomic E-state index is 11.4. The molecule has 4 heteroatoms. The van der Waals surface area contributed by atoms with Crippen molar-refractivity contribution < 1.29 is 14.6 Å². The van der Waals surface area contributed by atoms with Gasteiger partial charge in [-0.25, -0.2) is 4.79 Å². The fourth-order valence-corrected chi connectivity index (χ4v) is 1.41. The van der Waals surface area contributed by atoms with E-state index in [0.29, 0.717) is 5.70 Å². The molecule has 1 aromatic rings. The number of rotatable bonds is 5. The Balaban J connectivity index is 2.75. The number of aliphatic hydroxyl groups is 1.